The van der Waals surface area contributed by atoms with E-state index in [2.05, 4.69) is 266 Å². The highest BCUT2D eigenvalue weighted by molar-refractivity contribution is 7.26. The van der Waals surface area contributed by atoms with Crippen LogP contribution in [-0.4, -0.2) is 0 Å². The summed E-state index contributed by atoms with van der Waals surface area (Å²) in [5, 5.41) is 4.73. The van der Waals surface area contributed by atoms with E-state index in [-0.39, 0.29) is 0 Å². The Kier molecular flexibility index (Phi) is 9.33. The summed E-state index contributed by atoms with van der Waals surface area (Å²) in [5.74, 6) is 0. The molecule has 14 rings (SSSR count). The summed E-state index contributed by atoms with van der Waals surface area (Å²) in [6, 6.07) is 95.6. The number of nitrogens with zero attached hydrogens (tertiary/aromatic N) is 1. The summed E-state index contributed by atoms with van der Waals surface area (Å²) in [7, 11) is 0. The molecule has 0 atom stereocenters. The molecule has 1 aliphatic rings. The number of rotatable bonds is 8. The summed E-state index contributed by atoms with van der Waals surface area (Å²) >= 11 is 1.86. The Morgan fingerprint density at radius 2 is 0.843 bits per heavy atom. The number of thiophene rings is 1. The van der Waals surface area contributed by atoms with Crippen molar-refractivity contribution in [1.82, 2.24) is 0 Å². The maximum absolute atomic E-state index is 6.61. The molecule has 3 heteroatoms. The van der Waals surface area contributed by atoms with Gasteiger partial charge in [0.05, 0.1) is 5.41 Å². The van der Waals surface area contributed by atoms with Crippen molar-refractivity contribution >= 4 is 70.5 Å². The largest absolute Gasteiger partial charge is 0.456 e. The van der Waals surface area contributed by atoms with Crippen LogP contribution in [0, 0.1) is 0 Å². The maximum atomic E-state index is 6.61. The molecule has 0 saturated carbocycles. The first kappa shape index (κ1) is 40.3. The minimum absolute atomic E-state index is 0.563. The second kappa shape index (κ2) is 16.2. The molecule has 0 spiro atoms. The fourth-order valence-corrected chi connectivity index (χ4v) is 12.6. The Morgan fingerprint density at radius 1 is 0.314 bits per heavy atom. The number of fused-ring (bicyclic) bond motifs is 9. The minimum atomic E-state index is -0.563. The molecule has 0 radical (unpaired) electrons. The van der Waals surface area contributed by atoms with E-state index >= 15 is 0 Å². The molecule has 328 valence electrons. The number of benzene rings is 11. The lowest BCUT2D eigenvalue weighted by Gasteiger charge is -2.35. The lowest BCUT2D eigenvalue weighted by atomic mass is 9.67. The van der Waals surface area contributed by atoms with Gasteiger partial charge in [-0.3, -0.25) is 0 Å². The van der Waals surface area contributed by atoms with E-state index in [1.54, 1.807) is 0 Å². The molecule has 0 amide bonds. The molecule has 0 fully saturated rings. The van der Waals surface area contributed by atoms with Crippen LogP contribution in [0.15, 0.2) is 265 Å². The normalized spacial score (nSPS) is 12.7. The van der Waals surface area contributed by atoms with Crippen LogP contribution in [0.5, 0.6) is 0 Å². The third-order valence-corrected chi connectivity index (χ3v) is 15.7. The van der Waals surface area contributed by atoms with Crippen molar-refractivity contribution in [2.45, 2.75) is 5.41 Å². The van der Waals surface area contributed by atoms with Gasteiger partial charge in [0, 0.05) is 48.0 Å². The van der Waals surface area contributed by atoms with Gasteiger partial charge in [0.25, 0.3) is 0 Å². The molecule has 0 saturated heterocycles. The minimum Gasteiger partial charge on any atom is -0.456 e. The van der Waals surface area contributed by atoms with Crippen molar-refractivity contribution in [2.75, 3.05) is 4.90 Å². The molecule has 11 aromatic carbocycles. The van der Waals surface area contributed by atoms with Crippen LogP contribution in [0.25, 0.3) is 86.6 Å². The highest BCUT2D eigenvalue weighted by atomic mass is 32.1. The summed E-state index contributed by atoms with van der Waals surface area (Å²) in [4.78, 5) is 2.43. The highest BCUT2D eigenvalue weighted by Crippen LogP contribution is 2.57. The Morgan fingerprint density at radius 3 is 1.53 bits per heavy atom. The molecule has 2 aromatic heterocycles. The quantitative estimate of drug-likeness (QED) is 0.151. The SMILES string of the molecule is c1ccc(-c2cccc(C3(c4ccc(N(c5ccc6oc7cccc(-c8ccccc8)c7c6c5)c5ccc6sc7cccc(-c8ccccc8)c7c6c5)cc4)c4ccccc4-c4ccccc43)c2)cc1. The van der Waals surface area contributed by atoms with Crippen molar-refractivity contribution in [1.29, 1.82) is 0 Å². The van der Waals surface area contributed by atoms with E-state index in [4.69, 9.17) is 4.42 Å². The number of anilines is 3. The van der Waals surface area contributed by atoms with Crippen LogP contribution in [0.1, 0.15) is 22.3 Å². The predicted molar refractivity (Wildman–Crippen MR) is 295 cm³/mol. The van der Waals surface area contributed by atoms with Crippen LogP contribution in [0.3, 0.4) is 0 Å². The highest BCUT2D eigenvalue weighted by Gasteiger charge is 2.46. The fraction of sp³-hybridized carbons (Fsp3) is 0.0149. The standard InChI is InChI=1S/C67H43NOS/c1-4-17-44(18-5-1)47-23-14-24-49(41-47)67(59-29-12-10-25-55(59)56-26-11-13-30-60(56)67)48-33-35-50(36-34-48)68(51-37-39-61-57(42-51)65-53(27-15-31-62(65)69-61)45-19-6-2-7-20-45)52-38-40-63-58(43-52)66-54(28-16-32-64(66)70-63)46-21-8-3-9-22-46/h1-43H. The molecule has 2 heterocycles. The van der Waals surface area contributed by atoms with Gasteiger partial charge in [0.2, 0.25) is 0 Å². The first-order valence-corrected chi connectivity index (χ1v) is 24.8. The molecule has 0 N–H and O–H groups in total. The van der Waals surface area contributed by atoms with Crippen molar-refractivity contribution in [3.05, 3.63) is 283 Å². The predicted octanol–water partition coefficient (Wildman–Crippen LogP) is 18.8. The van der Waals surface area contributed by atoms with Crippen molar-refractivity contribution in [2.24, 2.45) is 0 Å². The fourth-order valence-electron chi connectivity index (χ4n) is 11.5. The van der Waals surface area contributed by atoms with Gasteiger partial charge in [0.15, 0.2) is 0 Å². The van der Waals surface area contributed by atoms with E-state index in [0.29, 0.717) is 0 Å². The maximum Gasteiger partial charge on any atom is 0.136 e. The average molecular weight is 910 g/mol. The van der Waals surface area contributed by atoms with Crippen LogP contribution >= 0.6 is 11.3 Å². The topological polar surface area (TPSA) is 16.4 Å². The Balaban J connectivity index is 0.997. The van der Waals surface area contributed by atoms with E-state index in [1.807, 2.05) is 11.3 Å². The first-order valence-electron chi connectivity index (χ1n) is 24.0. The van der Waals surface area contributed by atoms with Crippen molar-refractivity contribution < 1.29 is 4.42 Å². The zero-order valence-corrected chi connectivity index (χ0v) is 38.9. The lowest BCUT2D eigenvalue weighted by molar-refractivity contribution is 0.669. The van der Waals surface area contributed by atoms with Crippen LogP contribution in [0.2, 0.25) is 0 Å². The molecule has 1 aliphatic carbocycles. The third-order valence-electron chi connectivity index (χ3n) is 14.6. The van der Waals surface area contributed by atoms with Crippen molar-refractivity contribution in [3.63, 3.8) is 0 Å². The molecular weight excluding hydrogens is 867 g/mol. The smallest absolute Gasteiger partial charge is 0.136 e. The molecular formula is C67H43NOS. The van der Waals surface area contributed by atoms with Crippen LogP contribution < -0.4 is 4.90 Å². The van der Waals surface area contributed by atoms with Gasteiger partial charge in [-0.15, -0.1) is 11.3 Å². The van der Waals surface area contributed by atoms with E-state index in [0.717, 1.165) is 50.1 Å². The van der Waals surface area contributed by atoms with Gasteiger partial charge in [-0.05, 0) is 133 Å². The van der Waals surface area contributed by atoms with Gasteiger partial charge < -0.3 is 9.32 Å². The van der Waals surface area contributed by atoms with Crippen LogP contribution in [0.4, 0.5) is 17.1 Å². The zero-order valence-electron chi connectivity index (χ0n) is 38.1. The van der Waals surface area contributed by atoms with Crippen molar-refractivity contribution in [3.8, 4) is 44.5 Å². The Labute approximate surface area is 410 Å². The van der Waals surface area contributed by atoms with Crippen LogP contribution in [-0.2, 0) is 5.41 Å². The molecule has 13 aromatic rings. The van der Waals surface area contributed by atoms with E-state index in [9.17, 15) is 0 Å². The monoisotopic (exact) mass is 909 g/mol. The summed E-state index contributed by atoms with van der Waals surface area (Å²) in [6.45, 7) is 0. The molecule has 0 aliphatic heterocycles. The number of hydrogen-bond acceptors (Lipinski definition) is 3. The molecule has 0 unspecified atom stereocenters. The van der Waals surface area contributed by atoms with Gasteiger partial charge in [-0.2, -0.15) is 0 Å². The lowest BCUT2D eigenvalue weighted by Crippen LogP contribution is -2.28. The van der Waals surface area contributed by atoms with Gasteiger partial charge in [0.1, 0.15) is 11.2 Å². The molecule has 2 nitrogen and oxygen atoms in total. The summed E-state index contributed by atoms with van der Waals surface area (Å²) in [5.41, 5.74) is 19.2. The number of hydrogen-bond donors (Lipinski definition) is 0. The average Bonchev–Trinajstić information content (AvgIpc) is 4.10. The second-order valence-electron chi connectivity index (χ2n) is 18.3. The molecule has 70 heavy (non-hydrogen) atoms. The zero-order chi connectivity index (χ0) is 46.2. The van der Waals surface area contributed by atoms with Gasteiger partial charge in [-0.25, -0.2) is 0 Å². The van der Waals surface area contributed by atoms with Gasteiger partial charge in [-0.1, -0.05) is 194 Å². The Hall–Kier alpha value is -8.76. The van der Waals surface area contributed by atoms with Gasteiger partial charge >= 0.3 is 0 Å². The third kappa shape index (κ3) is 6.25. The van der Waals surface area contributed by atoms with E-state index in [1.165, 1.54) is 75.8 Å². The molecule has 0 bridgehead atoms. The number of furan rings is 1. The first-order chi connectivity index (χ1) is 34.7. The van der Waals surface area contributed by atoms with E-state index < -0.39 is 5.41 Å². The summed E-state index contributed by atoms with van der Waals surface area (Å²) in [6.07, 6.45) is 0. The second-order valence-corrected chi connectivity index (χ2v) is 19.4. The summed E-state index contributed by atoms with van der Waals surface area (Å²) < 4.78 is 9.16. The Bertz CT molecular complexity index is 3910.